The maximum absolute atomic E-state index is 12.3. The topological polar surface area (TPSA) is 57.6 Å². The molecule has 2 aliphatic heterocycles. The van der Waals surface area contributed by atoms with Crippen LogP contribution in [0.2, 0.25) is 0 Å². The van der Waals surface area contributed by atoms with E-state index < -0.39 is 12.0 Å². The monoisotopic (exact) mass is 275 g/mol. The summed E-state index contributed by atoms with van der Waals surface area (Å²) < 4.78 is 0. The van der Waals surface area contributed by atoms with Gasteiger partial charge in [0.15, 0.2) is 0 Å². The number of nitrogens with zero attached hydrogens (tertiary/aromatic N) is 1. The van der Waals surface area contributed by atoms with Crippen LogP contribution < -0.4 is 0 Å². The highest BCUT2D eigenvalue weighted by atomic mass is 32.2. The third-order valence-electron chi connectivity index (χ3n) is 3.15. The molecular weight excluding hydrogens is 258 g/mol. The van der Waals surface area contributed by atoms with Crippen LogP contribution in [0.15, 0.2) is 0 Å². The summed E-state index contributed by atoms with van der Waals surface area (Å²) >= 11 is 3.31. The molecule has 2 aliphatic rings. The van der Waals surface area contributed by atoms with E-state index in [2.05, 4.69) is 0 Å². The average molecular weight is 275 g/mol. The molecule has 2 unspecified atom stereocenters. The molecule has 0 aromatic heterocycles. The summed E-state index contributed by atoms with van der Waals surface area (Å²) in [5.41, 5.74) is 0. The highest BCUT2D eigenvalue weighted by Crippen LogP contribution is 2.28. The Kier molecular flexibility index (Phi) is 4.62. The van der Waals surface area contributed by atoms with Gasteiger partial charge in [-0.15, -0.1) is 11.8 Å². The van der Waals surface area contributed by atoms with Crippen molar-refractivity contribution in [2.75, 3.05) is 23.8 Å². The zero-order valence-electron chi connectivity index (χ0n) is 9.63. The first-order valence-corrected chi connectivity index (χ1v) is 8.13. The summed E-state index contributed by atoms with van der Waals surface area (Å²) in [5.74, 6) is 1.58. The largest absolute Gasteiger partial charge is 0.480 e. The lowest BCUT2D eigenvalue weighted by molar-refractivity contribution is -0.149. The summed E-state index contributed by atoms with van der Waals surface area (Å²) in [5, 5.41) is 9.14. The van der Waals surface area contributed by atoms with Crippen LogP contribution in [-0.4, -0.2) is 57.0 Å². The number of carbonyl (C=O) groups is 2. The normalized spacial score (nSPS) is 30.0. The molecule has 2 rings (SSSR count). The summed E-state index contributed by atoms with van der Waals surface area (Å²) in [6.07, 6.45) is 3.16. The van der Waals surface area contributed by atoms with Gasteiger partial charge in [-0.25, -0.2) is 4.79 Å². The Balaban J connectivity index is 2.02. The molecule has 0 bridgehead atoms. The Hall–Kier alpha value is -0.360. The molecule has 1 N–H and O–H groups in total. The SMILES string of the molecule is O=C(O)C1CSCCN1C(=O)C1CCCCS1. The molecule has 0 radical (unpaired) electrons. The van der Waals surface area contributed by atoms with Crippen LogP contribution in [0.5, 0.6) is 0 Å². The van der Waals surface area contributed by atoms with Crippen LogP contribution in [0.25, 0.3) is 0 Å². The van der Waals surface area contributed by atoms with Crippen molar-refractivity contribution in [3.05, 3.63) is 0 Å². The molecule has 2 saturated heterocycles. The lowest BCUT2D eigenvalue weighted by atomic mass is 10.1. The molecule has 96 valence electrons. The van der Waals surface area contributed by atoms with Crippen molar-refractivity contribution in [3.8, 4) is 0 Å². The van der Waals surface area contributed by atoms with Gasteiger partial charge in [0.25, 0.3) is 0 Å². The van der Waals surface area contributed by atoms with E-state index >= 15 is 0 Å². The molecule has 2 atom stereocenters. The van der Waals surface area contributed by atoms with E-state index in [-0.39, 0.29) is 11.2 Å². The van der Waals surface area contributed by atoms with Crippen molar-refractivity contribution in [2.24, 2.45) is 0 Å². The van der Waals surface area contributed by atoms with Crippen LogP contribution in [0.4, 0.5) is 0 Å². The molecule has 0 aromatic rings. The number of rotatable bonds is 2. The third-order valence-corrected chi connectivity index (χ3v) is 5.54. The lowest BCUT2D eigenvalue weighted by Crippen LogP contribution is -2.53. The Labute approximate surface area is 110 Å². The van der Waals surface area contributed by atoms with Crippen LogP contribution in [-0.2, 0) is 9.59 Å². The third kappa shape index (κ3) is 3.10. The van der Waals surface area contributed by atoms with Gasteiger partial charge >= 0.3 is 5.97 Å². The fraction of sp³-hybridized carbons (Fsp3) is 0.818. The van der Waals surface area contributed by atoms with E-state index in [9.17, 15) is 9.59 Å². The number of hydrogen-bond donors (Lipinski definition) is 1. The van der Waals surface area contributed by atoms with E-state index in [1.807, 2.05) is 0 Å². The minimum absolute atomic E-state index is 0.00583. The first-order valence-electron chi connectivity index (χ1n) is 5.93. The molecule has 1 amide bonds. The second kappa shape index (κ2) is 6.00. The molecule has 17 heavy (non-hydrogen) atoms. The number of aliphatic carboxylic acids is 1. The fourth-order valence-electron chi connectivity index (χ4n) is 2.19. The van der Waals surface area contributed by atoms with E-state index in [0.29, 0.717) is 12.3 Å². The number of carboxylic acids is 1. The zero-order chi connectivity index (χ0) is 12.3. The number of hydrogen-bond acceptors (Lipinski definition) is 4. The maximum atomic E-state index is 12.3. The average Bonchev–Trinajstić information content (AvgIpc) is 2.39. The second-order valence-electron chi connectivity index (χ2n) is 4.32. The summed E-state index contributed by atoms with van der Waals surface area (Å²) in [6.45, 7) is 0.581. The van der Waals surface area contributed by atoms with Crippen molar-refractivity contribution in [1.82, 2.24) is 4.90 Å². The number of amides is 1. The summed E-state index contributed by atoms with van der Waals surface area (Å²) in [4.78, 5) is 25.0. The second-order valence-corrected chi connectivity index (χ2v) is 6.78. The predicted octanol–water partition coefficient (Wildman–Crippen LogP) is 1.30. The van der Waals surface area contributed by atoms with Crippen LogP contribution >= 0.6 is 23.5 Å². The molecular formula is C11H17NO3S2. The van der Waals surface area contributed by atoms with Crippen LogP contribution in [0.1, 0.15) is 19.3 Å². The van der Waals surface area contributed by atoms with E-state index in [1.165, 1.54) is 6.42 Å². The van der Waals surface area contributed by atoms with Gasteiger partial charge in [0.05, 0.1) is 5.25 Å². The van der Waals surface area contributed by atoms with Gasteiger partial charge < -0.3 is 10.0 Å². The van der Waals surface area contributed by atoms with Crippen molar-refractivity contribution in [2.45, 2.75) is 30.6 Å². The Bertz CT molecular complexity index is 305. The Morgan fingerprint density at radius 2 is 2.06 bits per heavy atom. The molecule has 2 heterocycles. The van der Waals surface area contributed by atoms with E-state index in [1.54, 1.807) is 28.4 Å². The summed E-state index contributed by atoms with van der Waals surface area (Å²) in [7, 11) is 0. The lowest BCUT2D eigenvalue weighted by Gasteiger charge is -2.35. The van der Waals surface area contributed by atoms with Gasteiger partial charge in [0, 0.05) is 18.1 Å². The van der Waals surface area contributed by atoms with Crippen LogP contribution in [0, 0.1) is 0 Å². The fourth-order valence-corrected chi connectivity index (χ4v) is 4.50. The van der Waals surface area contributed by atoms with Gasteiger partial charge in [-0.1, -0.05) is 6.42 Å². The van der Waals surface area contributed by atoms with Gasteiger partial charge in [-0.05, 0) is 18.6 Å². The summed E-state index contributed by atoms with van der Waals surface area (Å²) in [6, 6.07) is -0.622. The quantitative estimate of drug-likeness (QED) is 0.823. The first kappa shape index (κ1) is 13.1. The van der Waals surface area contributed by atoms with Gasteiger partial charge in [0.2, 0.25) is 5.91 Å². The Morgan fingerprint density at radius 3 is 2.71 bits per heavy atom. The van der Waals surface area contributed by atoms with Gasteiger partial charge in [-0.2, -0.15) is 11.8 Å². The number of thioether (sulfide) groups is 2. The Morgan fingerprint density at radius 1 is 1.24 bits per heavy atom. The standard InChI is InChI=1S/C11H17NO3S2/c13-10(9-3-1-2-5-17-9)12-4-6-16-7-8(12)11(14)15/h8-9H,1-7H2,(H,14,15). The van der Waals surface area contributed by atoms with Crippen molar-refractivity contribution >= 4 is 35.4 Å². The number of carbonyl (C=O) groups excluding carboxylic acids is 1. The van der Waals surface area contributed by atoms with Crippen molar-refractivity contribution < 1.29 is 14.7 Å². The van der Waals surface area contributed by atoms with E-state index in [0.717, 1.165) is 24.3 Å². The van der Waals surface area contributed by atoms with E-state index in [4.69, 9.17) is 5.11 Å². The van der Waals surface area contributed by atoms with Crippen molar-refractivity contribution in [1.29, 1.82) is 0 Å². The van der Waals surface area contributed by atoms with Gasteiger partial charge in [-0.3, -0.25) is 4.79 Å². The molecule has 0 aromatic carbocycles. The molecule has 2 fully saturated rings. The maximum Gasteiger partial charge on any atom is 0.327 e. The highest BCUT2D eigenvalue weighted by molar-refractivity contribution is 8.00. The van der Waals surface area contributed by atoms with Crippen LogP contribution in [0.3, 0.4) is 0 Å². The molecule has 0 saturated carbocycles. The predicted molar refractivity (Wildman–Crippen MR) is 70.6 cm³/mol. The molecule has 6 heteroatoms. The minimum atomic E-state index is -0.869. The highest BCUT2D eigenvalue weighted by Gasteiger charge is 2.36. The smallest absolute Gasteiger partial charge is 0.327 e. The minimum Gasteiger partial charge on any atom is -0.480 e. The van der Waals surface area contributed by atoms with Gasteiger partial charge in [0.1, 0.15) is 6.04 Å². The molecule has 0 aliphatic carbocycles. The molecule has 0 spiro atoms. The zero-order valence-corrected chi connectivity index (χ0v) is 11.3. The molecule has 4 nitrogen and oxygen atoms in total. The first-order chi connectivity index (χ1) is 8.20. The number of carboxylic acid groups (broad SMARTS) is 1. The van der Waals surface area contributed by atoms with Crippen molar-refractivity contribution in [3.63, 3.8) is 0 Å².